The number of aliphatic hydroxyl groups excluding tert-OH is 3. The lowest BCUT2D eigenvalue weighted by molar-refractivity contribution is -0.137. The van der Waals surface area contributed by atoms with Crippen LogP contribution in [0.4, 0.5) is 0 Å². The second-order valence-electron chi connectivity index (χ2n) is 7.66. The lowest BCUT2D eigenvalue weighted by atomic mass is 10.0. The van der Waals surface area contributed by atoms with E-state index in [1.807, 2.05) is 12.2 Å². The topological polar surface area (TPSA) is 107 Å². The van der Waals surface area contributed by atoms with Crippen molar-refractivity contribution in [3.8, 4) is 0 Å². The van der Waals surface area contributed by atoms with E-state index in [0.29, 0.717) is 25.7 Å². The number of aliphatic carboxylic acids is 1. The number of rotatable bonds is 15. The van der Waals surface area contributed by atoms with Gasteiger partial charge in [0.25, 0.3) is 0 Å². The largest absolute Gasteiger partial charge is 0.481 e. The normalized spacial score (nSPS) is 24.9. The third-order valence-corrected chi connectivity index (χ3v) is 5.05. The minimum atomic E-state index is -0.753. The number of carboxylic acid groups (broad SMARTS) is 1. The fourth-order valence-electron chi connectivity index (χ4n) is 3.30. The maximum absolute atomic E-state index is 10.4. The van der Waals surface area contributed by atoms with Crippen LogP contribution >= 0.6 is 0 Å². The van der Waals surface area contributed by atoms with Crippen LogP contribution < -0.4 is 0 Å². The predicted molar refractivity (Wildman–Crippen MR) is 109 cm³/mol. The minimum absolute atomic E-state index is 0.217. The first-order chi connectivity index (χ1) is 13.4. The first kappa shape index (κ1) is 24.8. The maximum atomic E-state index is 10.4. The highest BCUT2D eigenvalue weighted by Crippen LogP contribution is 2.25. The summed E-state index contributed by atoms with van der Waals surface area (Å²) in [4.78, 5) is 10.4. The van der Waals surface area contributed by atoms with Crippen LogP contribution in [0, 0.1) is 0 Å². The van der Waals surface area contributed by atoms with Gasteiger partial charge >= 0.3 is 5.97 Å². The average Bonchev–Trinajstić information content (AvgIpc) is 3.03. The van der Waals surface area contributed by atoms with E-state index in [9.17, 15) is 20.1 Å². The second-order valence-corrected chi connectivity index (χ2v) is 7.66. The quantitative estimate of drug-likeness (QED) is 0.249. The Labute approximate surface area is 168 Å². The van der Waals surface area contributed by atoms with Gasteiger partial charge in [0, 0.05) is 12.8 Å². The van der Waals surface area contributed by atoms with Crippen molar-refractivity contribution >= 4 is 5.97 Å². The number of carbonyl (C=O) groups is 1. The number of allylic oxidation sites excluding steroid dienone is 1. The molecule has 0 aromatic carbocycles. The first-order valence-corrected chi connectivity index (χ1v) is 10.7. The van der Waals surface area contributed by atoms with Gasteiger partial charge in [0.05, 0.1) is 24.4 Å². The zero-order chi connectivity index (χ0) is 20.8. The standard InChI is InChI=1S/C22H38O6/c1-2-3-8-11-17(23)14-15-20-19(25)16-21(28-20)18(24)12-9-6-4-5-7-10-13-22(26)27/h6,9,14-15,17-21,23-25H,2-5,7-8,10-13,16H2,1H3,(H,26,27)/b9-6-,15-14+/t17-,18-,19+,20+,21+/m1/s1. The van der Waals surface area contributed by atoms with Crippen molar-refractivity contribution in [2.75, 3.05) is 0 Å². The van der Waals surface area contributed by atoms with Crippen molar-refractivity contribution in [2.24, 2.45) is 0 Å². The Kier molecular flexibility index (Phi) is 13.1. The molecule has 1 aliphatic rings. The van der Waals surface area contributed by atoms with Crippen LogP contribution in [-0.4, -0.2) is 56.9 Å². The third kappa shape index (κ3) is 11.0. The van der Waals surface area contributed by atoms with Gasteiger partial charge in [-0.25, -0.2) is 0 Å². The van der Waals surface area contributed by atoms with Gasteiger partial charge in [0.15, 0.2) is 0 Å². The van der Waals surface area contributed by atoms with Crippen LogP contribution in [0.15, 0.2) is 24.3 Å². The van der Waals surface area contributed by atoms with E-state index >= 15 is 0 Å². The summed E-state index contributed by atoms with van der Waals surface area (Å²) in [5, 5.41) is 38.9. The number of aliphatic hydroxyl groups is 3. The third-order valence-electron chi connectivity index (χ3n) is 5.05. The summed E-state index contributed by atoms with van der Waals surface area (Å²) in [5.41, 5.74) is 0. The summed E-state index contributed by atoms with van der Waals surface area (Å²) < 4.78 is 5.76. The Hall–Kier alpha value is -1.21. The van der Waals surface area contributed by atoms with Gasteiger partial charge in [0.1, 0.15) is 6.10 Å². The van der Waals surface area contributed by atoms with Gasteiger partial charge in [-0.1, -0.05) is 56.9 Å². The zero-order valence-electron chi connectivity index (χ0n) is 17.1. The monoisotopic (exact) mass is 398 g/mol. The zero-order valence-corrected chi connectivity index (χ0v) is 17.1. The molecule has 0 spiro atoms. The average molecular weight is 399 g/mol. The molecule has 0 saturated carbocycles. The Morgan fingerprint density at radius 1 is 1.14 bits per heavy atom. The molecule has 1 saturated heterocycles. The van der Waals surface area contributed by atoms with E-state index in [-0.39, 0.29) is 6.42 Å². The van der Waals surface area contributed by atoms with Crippen LogP contribution in [-0.2, 0) is 9.53 Å². The van der Waals surface area contributed by atoms with Crippen LogP contribution in [0.25, 0.3) is 0 Å². The molecule has 1 heterocycles. The number of hydrogen-bond donors (Lipinski definition) is 4. The predicted octanol–water partition coefficient (Wildman–Crippen LogP) is 3.34. The van der Waals surface area contributed by atoms with E-state index < -0.39 is 36.5 Å². The Morgan fingerprint density at radius 3 is 2.64 bits per heavy atom. The molecule has 1 rings (SSSR count). The minimum Gasteiger partial charge on any atom is -0.481 e. The van der Waals surface area contributed by atoms with Gasteiger partial charge < -0.3 is 25.2 Å². The molecule has 162 valence electrons. The van der Waals surface area contributed by atoms with Gasteiger partial charge in [-0.15, -0.1) is 0 Å². The highest BCUT2D eigenvalue weighted by molar-refractivity contribution is 5.66. The van der Waals surface area contributed by atoms with Crippen LogP contribution in [0.3, 0.4) is 0 Å². The number of ether oxygens (including phenoxy) is 1. The highest BCUT2D eigenvalue weighted by Gasteiger charge is 2.35. The van der Waals surface area contributed by atoms with Crippen molar-refractivity contribution in [3.63, 3.8) is 0 Å². The van der Waals surface area contributed by atoms with Crippen molar-refractivity contribution in [2.45, 2.75) is 108 Å². The number of unbranched alkanes of at least 4 members (excludes halogenated alkanes) is 5. The van der Waals surface area contributed by atoms with E-state index in [0.717, 1.165) is 38.5 Å². The summed E-state index contributed by atoms with van der Waals surface area (Å²) >= 11 is 0. The molecule has 0 aromatic heterocycles. The molecule has 0 aromatic rings. The van der Waals surface area contributed by atoms with Gasteiger partial charge in [-0.3, -0.25) is 4.79 Å². The SMILES string of the molecule is CCCCC[C@@H](O)/C=C/[C@@H]1O[C@H]([C@H](O)C/C=C\CCCCCC(=O)O)C[C@@H]1O. The molecule has 0 unspecified atom stereocenters. The molecule has 5 atom stereocenters. The Balaban J connectivity index is 2.23. The summed E-state index contributed by atoms with van der Waals surface area (Å²) in [7, 11) is 0. The molecule has 6 heteroatoms. The fourth-order valence-corrected chi connectivity index (χ4v) is 3.30. The van der Waals surface area contributed by atoms with Crippen molar-refractivity contribution < 1.29 is 30.0 Å². The van der Waals surface area contributed by atoms with Crippen LogP contribution in [0.2, 0.25) is 0 Å². The van der Waals surface area contributed by atoms with Gasteiger partial charge in [-0.05, 0) is 32.1 Å². The summed E-state index contributed by atoms with van der Waals surface area (Å²) in [5.74, 6) is -0.753. The molecule has 0 bridgehead atoms. The van der Waals surface area contributed by atoms with Crippen molar-refractivity contribution in [1.29, 1.82) is 0 Å². The second kappa shape index (κ2) is 14.7. The number of hydrogen-bond acceptors (Lipinski definition) is 5. The fraction of sp³-hybridized carbons (Fsp3) is 0.773. The molecular formula is C22H38O6. The Morgan fingerprint density at radius 2 is 1.93 bits per heavy atom. The first-order valence-electron chi connectivity index (χ1n) is 10.7. The maximum Gasteiger partial charge on any atom is 0.303 e. The molecule has 6 nitrogen and oxygen atoms in total. The van der Waals surface area contributed by atoms with Crippen LogP contribution in [0.5, 0.6) is 0 Å². The van der Waals surface area contributed by atoms with Crippen molar-refractivity contribution in [3.05, 3.63) is 24.3 Å². The van der Waals surface area contributed by atoms with E-state index in [1.54, 1.807) is 12.2 Å². The lowest BCUT2D eigenvalue weighted by Gasteiger charge is -2.16. The number of carboxylic acids is 1. The van der Waals surface area contributed by atoms with E-state index in [1.165, 1.54) is 0 Å². The molecular weight excluding hydrogens is 360 g/mol. The van der Waals surface area contributed by atoms with Gasteiger partial charge in [-0.2, -0.15) is 0 Å². The van der Waals surface area contributed by atoms with E-state index in [2.05, 4.69) is 6.92 Å². The van der Waals surface area contributed by atoms with E-state index in [4.69, 9.17) is 9.84 Å². The smallest absolute Gasteiger partial charge is 0.303 e. The van der Waals surface area contributed by atoms with Gasteiger partial charge in [0.2, 0.25) is 0 Å². The molecule has 1 aliphatic heterocycles. The lowest BCUT2D eigenvalue weighted by Crippen LogP contribution is -2.25. The summed E-state index contributed by atoms with van der Waals surface area (Å²) in [6.45, 7) is 2.12. The summed E-state index contributed by atoms with van der Waals surface area (Å²) in [6.07, 6.45) is 12.9. The highest BCUT2D eigenvalue weighted by atomic mass is 16.5. The summed E-state index contributed by atoms with van der Waals surface area (Å²) in [6, 6.07) is 0. The molecule has 28 heavy (non-hydrogen) atoms. The van der Waals surface area contributed by atoms with Crippen molar-refractivity contribution in [1.82, 2.24) is 0 Å². The Bertz CT molecular complexity index is 476. The molecule has 0 aliphatic carbocycles. The van der Waals surface area contributed by atoms with Crippen LogP contribution in [0.1, 0.15) is 77.6 Å². The molecule has 0 amide bonds. The molecule has 0 radical (unpaired) electrons. The molecule has 4 N–H and O–H groups in total. The molecule has 1 fully saturated rings.